The number of sulfonamides is 1. The molecule has 1 fully saturated rings. The van der Waals surface area contributed by atoms with Crippen molar-refractivity contribution in [3.63, 3.8) is 0 Å². The van der Waals surface area contributed by atoms with E-state index in [1.165, 1.54) is 15.4 Å². The number of ether oxygens (including phenoxy) is 2. The van der Waals surface area contributed by atoms with Crippen LogP contribution in [-0.2, 0) is 26.8 Å². The Morgan fingerprint density at radius 3 is 2.65 bits per heavy atom. The lowest BCUT2D eigenvalue weighted by atomic mass is 9.79. The van der Waals surface area contributed by atoms with Crippen LogP contribution in [0.4, 0.5) is 0 Å². The molecular weight excluding hydrogens is 352 g/mol. The fourth-order valence-electron chi connectivity index (χ4n) is 4.09. The molecule has 1 aromatic carbocycles. The highest BCUT2D eigenvalue weighted by Gasteiger charge is 2.42. The fraction of sp³-hybridized carbons (Fsp3) is 0.684. The van der Waals surface area contributed by atoms with Gasteiger partial charge in [0.15, 0.2) is 0 Å². The molecule has 0 amide bonds. The third-order valence-corrected chi connectivity index (χ3v) is 7.55. The lowest BCUT2D eigenvalue weighted by Gasteiger charge is -2.45. The third kappa shape index (κ3) is 3.91. The summed E-state index contributed by atoms with van der Waals surface area (Å²) in [5.41, 5.74) is 2.30. The maximum atomic E-state index is 11.9. The average molecular weight is 383 g/mol. The maximum Gasteiger partial charge on any atom is 0.213 e. The number of piperidine rings is 1. The molecule has 0 radical (unpaired) electrons. The van der Waals surface area contributed by atoms with Crippen LogP contribution in [0.25, 0.3) is 0 Å². The van der Waals surface area contributed by atoms with Crippen LogP contribution in [0.2, 0.25) is 0 Å². The van der Waals surface area contributed by atoms with Crippen molar-refractivity contribution >= 4 is 10.0 Å². The van der Waals surface area contributed by atoms with E-state index in [1.54, 1.807) is 21.2 Å². The van der Waals surface area contributed by atoms with Crippen LogP contribution >= 0.6 is 0 Å². The van der Waals surface area contributed by atoms with E-state index in [-0.39, 0.29) is 11.4 Å². The number of rotatable bonds is 6. The Labute approximate surface area is 157 Å². The Kier molecular flexibility index (Phi) is 5.91. The van der Waals surface area contributed by atoms with Gasteiger partial charge < -0.3 is 14.4 Å². The summed E-state index contributed by atoms with van der Waals surface area (Å²) in [6.45, 7) is 3.39. The van der Waals surface area contributed by atoms with Gasteiger partial charge in [0.1, 0.15) is 5.75 Å². The van der Waals surface area contributed by atoms with Crippen LogP contribution in [0.5, 0.6) is 5.75 Å². The van der Waals surface area contributed by atoms with E-state index >= 15 is 0 Å². The molecule has 26 heavy (non-hydrogen) atoms. The molecule has 2 heterocycles. The summed E-state index contributed by atoms with van der Waals surface area (Å²) in [5, 5.41) is 0. The SMILES string of the molecule is COc1cccc2c1C1(CCN(CCCS(=O)(=O)N(C)C)CC1)OCC2. The summed E-state index contributed by atoms with van der Waals surface area (Å²) in [7, 11) is 1.79. The zero-order valence-electron chi connectivity index (χ0n) is 16.0. The first kappa shape index (κ1) is 19.6. The molecule has 0 N–H and O–H groups in total. The molecule has 0 saturated carbocycles. The molecule has 1 saturated heterocycles. The van der Waals surface area contributed by atoms with Gasteiger partial charge >= 0.3 is 0 Å². The van der Waals surface area contributed by atoms with Crippen molar-refractivity contribution in [2.75, 3.05) is 53.2 Å². The number of hydrogen-bond donors (Lipinski definition) is 0. The number of benzene rings is 1. The molecule has 6 nitrogen and oxygen atoms in total. The lowest BCUT2D eigenvalue weighted by molar-refractivity contribution is -0.0989. The smallest absolute Gasteiger partial charge is 0.213 e. The topological polar surface area (TPSA) is 59.1 Å². The van der Waals surface area contributed by atoms with Crippen molar-refractivity contribution in [2.24, 2.45) is 0 Å². The first-order valence-corrected chi connectivity index (χ1v) is 10.9. The number of hydrogen-bond acceptors (Lipinski definition) is 5. The summed E-state index contributed by atoms with van der Waals surface area (Å²) >= 11 is 0. The van der Waals surface area contributed by atoms with Crippen molar-refractivity contribution in [3.05, 3.63) is 29.3 Å². The van der Waals surface area contributed by atoms with E-state index < -0.39 is 10.0 Å². The van der Waals surface area contributed by atoms with Crippen molar-refractivity contribution < 1.29 is 17.9 Å². The monoisotopic (exact) mass is 382 g/mol. The standard InChI is InChI=1S/C19H30N2O4S/c1-20(2)26(22,23)15-5-11-21-12-9-19(10-13-21)18-16(8-14-25-19)6-4-7-17(18)24-3/h4,6-7H,5,8-15H2,1-3H3. The Balaban J connectivity index is 1.63. The van der Waals surface area contributed by atoms with E-state index in [1.807, 2.05) is 6.07 Å². The minimum absolute atomic E-state index is 0.203. The first-order valence-electron chi connectivity index (χ1n) is 9.31. The van der Waals surface area contributed by atoms with Gasteiger partial charge in [0.05, 0.1) is 25.1 Å². The van der Waals surface area contributed by atoms with Gasteiger partial charge in [-0.25, -0.2) is 12.7 Å². The lowest BCUT2D eigenvalue weighted by Crippen LogP contribution is -2.47. The highest BCUT2D eigenvalue weighted by atomic mass is 32.2. The average Bonchev–Trinajstić information content (AvgIpc) is 2.63. The molecule has 3 rings (SSSR count). The molecule has 0 atom stereocenters. The zero-order chi connectivity index (χ0) is 18.8. The van der Waals surface area contributed by atoms with Gasteiger partial charge in [-0.15, -0.1) is 0 Å². The summed E-state index contributed by atoms with van der Waals surface area (Å²) in [4.78, 5) is 2.35. The summed E-state index contributed by atoms with van der Waals surface area (Å²) in [6.07, 6.45) is 3.43. The van der Waals surface area contributed by atoms with E-state index in [2.05, 4.69) is 17.0 Å². The molecule has 1 spiro atoms. The molecule has 0 aromatic heterocycles. The highest BCUT2D eigenvalue weighted by Crippen LogP contribution is 2.45. The fourth-order valence-corrected chi connectivity index (χ4v) is 4.95. The quantitative estimate of drug-likeness (QED) is 0.751. The second kappa shape index (κ2) is 7.84. The molecule has 0 unspecified atom stereocenters. The molecule has 1 aromatic rings. The zero-order valence-corrected chi connectivity index (χ0v) is 16.8. The van der Waals surface area contributed by atoms with Crippen LogP contribution in [-0.4, -0.2) is 70.8 Å². The second-order valence-corrected chi connectivity index (χ2v) is 9.68. The van der Waals surface area contributed by atoms with Crippen LogP contribution in [0.1, 0.15) is 30.4 Å². The predicted octanol–water partition coefficient (Wildman–Crippen LogP) is 1.84. The normalized spacial score (nSPS) is 20.3. The number of fused-ring (bicyclic) bond motifs is 2. The van der Waals surface area contributed by atoms with E-state index in [0.717, 1.165) is 51.3 Å². The maximum absolute atomic E-state index is 11.9. The van der Waals surface area contributed by atoms with Crippen LogP contribution in [0.15, 0.2) is 18.2 Å². The first-order chi connectivity index (χ1) is 12.4. The van der Waals surface area contributed by atoms with Gasteiger partial charge in [0, 0.05) is 32.7 Å². The Hall–Kier alpha value is -1.15. The number of nitrogens with zero attached hydrogens (tertiary/aromatic N) is 2. The molecular formula is C19H30N2O4S. The van der Waals surface area contributed by atoms with Gasteiger partial charge in [-0.3, -0.25) is 0 Å². The van der Waals surface area contributed by atoms with E-state index in [0.29, 0.717) is 6.42 Å². The van der Waals surface area contributed by atoms with Crippen LogP contribution in [0.3, 0.4) is 0 Å². The van der Waals surface area contributed by atoms with Gasteiger partial charge in [0.25, 0.3) is 0 Å². The summed E-state index contributed by atoms with van der Waals surface area (Å²) < 4.78 is 37.0. The van der Waals surface area contributed by atoms with Gasteiger partial charge in [-0.2, -0.15) is 0 Å². The summed E-state index contributed by atoms with van der Waals surface area (Å²) in [5.74, 6) is 1.13. The Morgan fingerprint density at radius 2 is 2.00 bits per heavy atom. The van der Waals surface area contributed by atoms with Crippen molar-refractivity contribution in [1.29, 1.82) is 0 Å². The van der Waals surface area contributed by atoms with Crippen LogP contribution < -0.4 is 4.74 Å². The molecule has 0 bridgehead atoms. The van der Waals surface area contributed by atoms with Gasteiger partial charge in [-0.05, 0) is 43.9 Å². The second-order valence-electron chi connectivity index (χ2n) is 7.38. The third-order valence-electron chi connectivity index (χ3n) is 5.63. The largest absolute Gasteiger partial charge is 0.496 e. The molecule has 2 aliphatic heterocycles. The van der Waals surface area contributed by atoms with Gasteiger partial charge in [-0.1, -0.05) is 12.1 Å². The Bertz CT molecular complexity index is 711. The molecule has 7 heteroatoms. The number of likely N-dealkylation sites (tertiary alicyclic amines) is 1. The minimum Gasteiger partial charge on any atom is -0.496 e. The molecule has 0 aliphatic carbocycles. The Morgan fingerprint density at radius 1 is 1.27 bits per heavy atom. The van der Waals surface area contributed by atoms with Crippen molar-refractivity contribution in [3.8, 4) is 5.75 Å². The highest BCUT2D eigenvalue weighted by molar-refractivity contribution is 7.89. The minimum atomic E-state index is -3.11. The van der Waals surface area contributed by atoms with E-state index in [4.69, 9.17) is 9.47 Å². The van der Waals surface area contributed by atoms with Gasteiger partial charge in [0.2, 0.25) is 10.0 Å². The van der Waals surface area contributed by atoms with Crippen LogP contribution in [0, 0.1) is 0 Å². The number of methoxy groups -OCH3 is 1. The van der Waals surface area contributed by atoms with Crippen molar-refractivity contribution in [2.45, 2.75) is 31.3 Å². The van der Waals surface area contributed by atoms with Crippen molar-refractivity contribution in [1.82, 2.24) is 9.21 Å². The predicted molar refractivity (Wildman–Crippen MR) is 102 cm³/mol. The summed E-state index contributed by atoms with van der Waals surface area (Å²) in [6, 6.07) is 6.26. The van der Waals surface area contributed by atoms with E-state index in [9.17, 15) is 8.42 Å². The molecule has 2 aliphatic rings. The molecule has 146 valence electrons.